The van der Waals surface area contributed by atoms with Gasteiger partial charge in [-0.2, -0.15) is 0 Å². The van der Waals surface area contributed by atoms with Crippen LogP contribution in [-0.4, -0.2) is 27.3 Å². The van der Waals surface area contributed by atoms with Gasteiger partial charge in [-0.1, -0.05) is 65.5 Å². The number of nitrogens with zero attached hydrogens (tertiary/aromatic N) is 1. The van der Waals surface area contributed by atoms with E-state index in [0.29, 0.717) is 11.8 Å². The van der Waals surface area contributed by atoms with Crippen molar-refractivity contribution in [1.82, 2.24) is 0 Å². The fraction of sp³-hybridized carbons (Fsp3) is 0.600. The predicted octanol–water partition coefficient (Wildman–Crippen LogP) is 3.54. The lowest BCUT2D eigenvalue weighted by molar-refractivity contribution is 0.408. The molecule has 20 heavy (non-hydrogen) atoms. The van der Waals surface area contributed by atoms with Crippen molar-refractivity contribution in [2.75, 3.05) is 4.23 Å². The summed E-state index contributed by atoms with van der Waals surface area (Å²) < 4.78 is 1.95. The number of rotatable bonds is 5. The maximum absolute atomic E-state index is 10.0. The van der Waals surface area contributed by atoms with E-state index >= 15 is 0 Å². The van der Waals surface area contributed by atoms with Crippen LogP contribution in [0.1, 0.15) is 50.7 Å². The van der Waals surface area contributed by atoms with Crippen LogP contribution in [0.15, 0.2) is 18.2 Å². The molecule has 0 saturated carbocycles. The molecule has 0 aromatic heterocycles. The van der Waals surface area contributed by atoms with Gasteiger partial charge in [0.15, 0.2) is 0 Å². The van der Waals surface area contributed by atoms with Crippen molar-refractivity contribution in [2.45, 2.75) is 59.2 Å². The summed E-state index contributed by atoms with van der Waals surface area (Å²) in [5.74, 6) is 0.729. The number of benzene rings is 1. The molecular formula is C15H28NO2Si2. The minimum Gasteiger partial charge on any atom is -0.393 e. The highest BCUT2D eigenvalue weighted by atomic mass is 28.4. The van der Waals surface area contributed by atoms with Crippen LogP contribution in [0.5, 0.6) is 0 Å². The molecule has 1 aromatic rings. The number of para-hydroxylation sites is 1. The molecule has 5 heteroatoms. The Kier molecular flexibility index (Phi) is 5.60. The second kappa shape index (κ2) is 6.43. The lowest BCUT2D eigenvalue weighted by atomic mass is 9.93. The minimum atomic E-state index is -2.50. The summed E-state index contributed by atoms with van der Waals surface area (Å²) in [5.41, 5.74) is 3.49. The summed E-state index contributed by atoms with van der Waals surface area (Å²) in [5, 5.41) is 0. The average molecular weight is 311 g/mol. The Bertz CT molecular complexity index is 427. The van der Waals surface area contributed by atoms with Crippen LogP contribution in [0.25, 0.3) is 0 Å². The van der Waals surface area contributed by atoms with Crippen molar-refractivity contribution in [3.8, 4) is 0 Å². The highest BCUT2D eigenvalue weighted by Crippen LogP contribution is 2.37. The van der Waals surface area contributed by atoms with Gasteiger partial charge >= 0.3 is 9.45 Å². The number of hydrogen-bond donors (Lipinski definition) is 2. The molecule has 0 aliphatic rings. The first-order chi connectivity index (χ1) is 9.07. The molecule has 2 N–H and O–H groups in total. The SMILES string of the molecule is CC(C)c1cccc(C(C)C)c1N([Si](O)O)[Si](C)(C)C. The fourth-order valence-corrected chi connectivity index (χ4v) is 6.29. The van der Waals surface area contributed by atoms with E-state index in [1.165, 1.54) is 11.1 Å². The van der Waals surface area contributed by atoms with E-state index in [4.69, 9.17) is 0 Å². The lowest BCUT2D eigenvalue weighted by Crippen LogP contribution is -2.56. The first-order valence-corrected chi connectivity index (χ1v) is 12.0. The predicted molar refractivity (Wildman–Crippen MR) is 90.6 cm³/mol. The van der Waals surface area contributed by atoms with Crippen LogP contribution >= 0.6 is 0 Å². The summed E-state index contributed by atoms with van der Waals surface area (Å²) in [6, 6.07) is 6.31. The van der Waals surface area contributed by atoms with Gasteiger partial charge in [-0.25, -0.2) is 0 Å². The lowest BCUT2D eigenvalue weighted by Gasteiger charge is -2.39. The van der Waals surface area contributed by atoms with Crippen molar-refractivity contribution >= 4 is 23.4 Å². The smallest absolute Gasteiger partial charge is 0.393 e. The van der Waals surface area contributed by atoms with E-state index in [9.17, 15) is 9.59 Å². The summed E-state index contributed by atoms with van der Waals surface area (Å²) in [6.45, 7) is 15.1. The zero-order valence-electron chi connectivity index (χ0n) is 13.7. The van der Waals surface area contributed by atoms with Crippen LogP contribution in [0.4, 0.5) is 5.69 Å². The molecule has 1 aromatic carbocycles. The van der Waals surface area contributed by atoms with E-state index in [1.54, 1.807) is 0 Å². The van der Waals surface area contributed by atoms with E-state index in [-0.39, 0.29) is 0 Å². The van der Waals surface area contributed by atoms with Gasteiger partial charge in [0.2, 0.25) is 0 Å². The van der Waals surface area contributed by atoms with Crippen molar-refractivity contribution in [2.24, 2.45) is 0 Å². The molecule has 113 valence electrons. The average Bonchev–Trinajstić information content (AvgIpc) is 2.25. The van der Waals surface area contributed by atoms with Crippen LogP contribution in [-0.2, 0) is 0 Å². The number of hydrogen-bond acceptors (Lipinski definition) is 3. The largest absolute Gasteiger partial charge is 0.514 e. The van der Waals surface area contributed by atoms with Crippen LogP contribution in [0.3, 0.4) is 0 Å². The van der Waals surface area contributed by atoms with Gasteiger partial charge in [0.25, 0.3) is 0 Å². The second-order valence-electron chi connectivity index (χ2n) is 6.90. The Hall–Kier alpha value is -0.626. The van der Waals surface area contributed by atoms with Gasteiger partial charge < -0.3 is 13.8 Å². The van der Waals surface area contributed by atoms with E-state index in [1.807, 2.05) is 4.23 Å². The summed E-state index contributed by atoms with van der Waals surface area (Å²) in [4.78, 5) is 20.1. The molecule has 0 amide bonds. The molecule has 0 saturated heterocycles. The van der Waals surface area contributed by atoms with Gasteiger partial charge in [0, 0.05) is 5.69 Å². The highest BCUT2D eigenvalue weighted by Gasteiger charge is 2.35. The van der Waals surface area contributed by atoms with Crippen LogP contribution in [0, 0.1) is 0 Å². The topological polar surface area (TPSA) is 43.7 Å². The van der Waals surface area contributed by atoms with Crippen LogP contribution < -0.4 is 4.23 Å². The molecule has 0 unspecified atom stereocenters. The highest BCUT2D eigenvalue weighted by molar-refractivity contribution is 6.89. The Morgan fingerprint density at radius 2 is 1.35 bits per heavy atom. The molecule has 0 atom stereocenters. The van der Waals surface area contributed by atoms with Gasteiger partial charge in [0.05, 0.1) is 0 Å². The maximum atomic E-state index is 10.0. The molecule has 0 heterocycles. The Morgan fingerprint density at radius 1 is 0.950 bits per heavy atom. The van der Waals surface area contributed by atoms with Crippen LogP contribution in [0.2, 0.25) is 19.6 Å². The monoisotopic (exact) mass is 310 g/mol. The Balaban J connectivity index is 3.60. The molecule has 1 rings (SSSR count). The molecule has 0 bridgehead atoms. The van der Waals surface area contributed by atoms with E-state index < -0.39 is 17.7 Å². The summed E-state index contributed by atoms with van der Waals surface area (Å²) >= 11 is 0. The summed E-state index contributed by atoms with van der Waals surface area (Å²) in [6.07, 6.45) is 0. The van der Waals surface area contributed by atoms with Gasteiger partial charge in [-0.15, -0.1) is 0 Å². The zero-order chi connectivity index (χ0) is 15.7. The first-order valence-electron chi connectivity index (χ1n) is 7.25. The van der Waals surface area contributed by atoms with Gasteiger partial charge in [-0.05, 0) is 23.0 Å². The van der Waals surface area contributed by atoms with Crippen molar-refractivity contribution in [3.63, 3.8) is 0 Å². The Labute approximate surface area is 126 Å². The molecule has 0 fully saturated rings. The van der Waals surface area contributed by atoms with Crippen molar-refractivity contribution in [3.05, 3.63) is 29.3 Å². The number of anilines is 1. The van der Waals surface area contributed by atoms with Gasteiger partial charge in [-0.3, -0.25) is 0 Å². The molecule has 0 aliphatic heterocycles. The second-order valence-corrected chi connectivity index (χ2v) is 13.2. The fourth-order valence-electron chi connectivity index (χ4n) is 2.51. The van der Waals surface area contributed by atoms with Crippen molar-refractivity contribution in [1.29, 1.82) is 0 Å². The minimum absolute atomic E-state index is 0.365. The van der Waals surface area contributed by atoms with Crippen molar-refractivity contribution < 1.29 is 9.59 Å². The maximum Gasteiger partial charge on any atom is 0.514 e. The van der Waals surface area contributed by atoms with E-state index in [2.05, 4.69) is 65.5 Å². The molecule has 0 aliphatic carbocycles. The normalized spacial score (nSPS) is 12.6. The third-order valence-electron chi connectivity index (χ3n) is 3.44. The summed E-state index contributed by atoms with van der Waals surface area (Å²) in [7, 11) is -4.36. The first kappa shape index (κ1) is 17.4. The Morgan fingerprint density at radius 3 is 1.60 bits per heavy atom. The molecule has 0 spiro atoms. The third kappa shape index (κ3) is 3.72. The van der Waals surface area contributed by atoms with Gasteiger partial charge in [0.1, 0.15) is 8.24 Å². The zero-order valence-corrected chi connectivity index (χ0v) is 15.7. The third-order valence-corrected chi connectivity index (χ3v) is 8.24. The molecular weight excluding hydrogens is 282 g/mol. The molecule has 3 nitrogen and oxygen atoms in total. The molecule has 1 radical (unpaired) electrons. The standard InChI is InChI=1S/C15H28NO2Si2/c1-11(2)13-9-8-10-14(12(3)4)15(13)16(19(17)18)20(5,6)7/h8-12,17-18H,1-7H3. The quantitative estimate of drug-likeness (QED) is 0.818. The van der Waals surface area contributed by atoms with E-state index in [0.717, 1.165) is 5.69 Å².